The van der Waals surface area contributed by atoms with Gasteiger partial charge in [-0.05, 0) is 76.3 Å². The van der Waals surface area contributed by atoms with Crippen LogP contribution in [0.4, 0.5) is 29.6 Å². The normalized spacial score (nSPS) is 18.9. The minimum Gasteiger partial charge on any atom is -0.464 e. The van der Waals surface area contributed by atoms with Crippen molar-refractivity contribution in [1.82, 2.24) is 23.6 Å². The lowest BCUT2D eigenvalue weighted by atomic mass is 9.96. The van der Waals surface area contributed by atoms with E-state index in [4.69, 9.17) is 0 Å². The molecule has 0 bridgehead atoms. The number of carbonyl (C=O) groups is 1. The number of hydrogen-bond acceptors (Lipinski definition) is 9. The van der Waals surface area contributed by atoms with Crippen molar-refractivity contribution in [2.75, 3.05) is 18.4 Å². The minimum absolute atomic E-state index is 0.00426. The van der Waals surface area contributed by atoms with Crippen molar-refractivity contribution >= 4 is 39.3 Å². The van der Waals surface area contributed by atoms with Crippen LogP contribution in [0.2, 0.25) is 0 Å². The molecule has 3 aromatic rings. The van der Waals surface area contributed by atoms with E-state index in [1.165, 1.54) is 32.1 Å². The Balaban J connectivity index is 1.55. The Kier molecular flexibility index (Phi) is 8.57. The van der Waals surface area contributed by atoms with E-state index in [0.29, 0.717) is 25.4 Å². The number of halogens is 3. The number of aliphatic hydroxyl groups is 1. The summed E-state index contributed by atoms with van der Waals surface area (Å²) in [7, 11) is -4.36. The van der Waals surface area contributed by atoms with E-state index in [9.17, 15) is 36.6 Å². The number of anilines is 2. The second kappa shape index (κ2) is 11.4. The van der Waals surface area contributed by atoms with Crippen molar-refractivity contribution in [3.8, 4) is 10.4 Å². The van der Waals surface area contributed by atoms with Crippen molar-refractivity contribution in [3.63, 3.8) is 0 Å². The topological polar surface area (TPSA) is 149 Å². The predicted molar refractivity (Wildman–Crippen MR) is 150 cm³/mol. The SMILES string of the molecule is Cc1cc(Nc2nccc(C(F)(F)F)n2)cc(-c2cnc(C3(O)CCCN(S(=O)(=O)N(C(=O)O)C(C)(C)C)CC3)s2)c1. The van der Waals surface area contributed by atoms with Crippen molar-refractivity contribution in [3.05, 3.63) is 52.9 Å². The Hall–Kier alpha value is -3.34. The fraction of sp³-hybridized carbons (Fsp3) is 0.462. The van der Waals surface area contributed by atoms with Gasteiger partial charge in [0.2, 0.25) is 5.95 Å². The molecule has 0 aliphatic carbocycles. The van der Waals surface area contributed by atoms with Gasteiger partial charge >= 0.3 is 22.5 Å². The van der Waals surface area contributed by atoms with E-state index in [0.717, 1.165) is 22.1 Å². The van der Waals surface area contributed by atoms with Gasteiger partial charge in [0.25, 0.3) is 0 Å². The summed E-state index contributed by atoms with van der Waals surface area (Å²) in [5.74, 6) is -0.216. The highest BCUT2D eigenvalue weighted by Gasteiger charge is 2.44. The summed E-state index contributed by atoms with van der Waals surface area (Å²) in [6.07, 6.45) is -3.12. The number of nitrogens with one attached hydrogen (secondary N) is 1. The Morgan fingerprint density at radius 2 is 1.86 bits per heavy atom. The number of aromatic nitrogens is 3. The van der Waals surface area contributed by atoms with E-state index in [-0.39, 0.29) is 38.3 Å². The first-order valence-electron chi connectivity index (χ1n) is 12.9. The zero-order valence-electron chi connectivity index (χ0n) is 23.3. The van der Waals surface area contributed by atoms with E-state index in [1.807, 2.05) is 13.0 Å². The molecule has 228 valence electrons. The van der Waals surface area contributed by atoms with Gasteiger partial charge in [-0.25, -0.2) is 19.7 Å². The molecule has 0 spiro atoms. The summed E-state index contributed by atoms with van der Waals surface area (Å²) in [6.45, 7) is 6.21. The lowest BCUT2D eigenvalue weighted by Crippen LogP contribution is -2.54. The molecule has 1 aromatic carbocycles. The highest BCUT2D eigenvalue weighted by atomic mass is 32.2. The summed E-state index contributed by atoms with van der Waals surface area (Å²) in [6, 6.07) is 6.06. The van der Waals surface area contributed by atoms with Crippen LogP contribution in [0.5, 0.6) is 0 Å². The van der Waals surface area contributed by atoms with E-state index < -0.39 is 39.3 Å². The molecule has 3 N–H and O–H groups in total. The van der Waals surface area contributed by atoms with Crippen LogP contribution in [0.1, 0.15) is 56.3 Å². The molecule has 1 aliphatic heterocycles. The van der Waals surface area contributed by atoms with Gasteiger partial charge in [-0.1, -0.05) is 6.07 Å². The number of thiazole rings is 1. The summed E-state index contributed by atoms with van der Waals surface area (Å²) < 4.78 is 67.2. The number of carboxylic acid groups (broad SMARTS) is 1. The van der Waals surface area contributed by atoms with Gasteiger partial charge in [0.1, 0.15) is 16.3 Å². The predicted octanol–water partition coefficient (Wildman–Crippen LogP) is 5.37. The molecule has 4 rings (SSSR count). The van der Waals surface area contributed by atoms with Crippen molar-refractivity contribution in [2.45, 2.75) is 64.3 Å². The lowest BCUT2D eigenvalue weighted by Gasteiger charge is -2.35. The number of alkyl halides is 3. The smallest absolute Gasteiger partial charge is 0.433 e. The second-order valence-corrected chi connectivity index (χ2v) is 13.8. The number of rotatable bonds is 6. The van der Waals surface area contributed by atoms with Gasteiger partial charge in [-0.15, -0.1) is 11.3 Å². The van der Waals surface area contributed by atoms with Gasteiger partial charge in [0.05, 0.1) is 10.4 Å². The summed E-state index contributed by atoms with van der Waals surface area (Å²) in [5.41, 5.74) is -1.77. The maximum Gasteiger partial charge on any atom is 0.433 e. The number of hydrogen-bond donors (Lipinski definition) is 3. The second-order valence-electron chi connectivity index (χ2n) is 11.0. The maximum absolute atomic E-state index is 13.2. The maximum atomic E-state index is 13.2. The molecule has 3 heterocycles. The van der Waals surface area contributed by atoms with Crippen LogP contribution in [0.25, 0.3) is 10.4 Å². The van der Waals surface area contributed by atoms with Gasteiger partial charge in [-0.2, -0.15) is 30.2 Å². The first-order valence-corrected chi connectivity index (χ1v) is 15.1. The highest BCUT2D eigenvalue weighted by Crippen LogP contribution is 2.40. The van der Waals surface area contributed by atoms with Crippen LogP contribution in [0.15, 0.2) is 36.7 Å². The Labute approximate surface area is 245 Å². The summed E-state index contributed by atoms with van der Waals surface area (Å²) >= 11 is 1.21. The molecule has 1 amide bonds. The van der Waals surface area contributed by atoms with Crippen molar-refractivity contribution < 1.29 is 36.6 Å². The first kappa shape index (κ1) is 31.6. The molecule has 1 fully saturated rings. The Morgan fingerprint density at radius 3 is 2.50 bits per heavy atom. The zero-order valence-corrected chi connectivity index (χ0v) is 24.9. The molecule has 1 atom stereocenters. The molecule has 1 aliphatic rings. The largest absolute Gasteiger partial charge is 0.464 e. The number of nitrogens with zero attached hydrogens (tertiary/aromatic N) is 5. The van der Waals surface area contributed by atoms with Crippen LogP contribution in [0, 0.1) is 6.92 Å². The first-order chi connectivity index (χ1) is 19.4. The molecular weight excluding hydrogens is 597 g/mol. The number of benzene rings is 1. The van der Waals surface area contributed by atoms with Crippen molar-refractivity contribution in [1.29, 1.82) is 0 Å². The van der Waals surface area contributed by atoms with Crippen molar-refractivity contribution in [2.24, 2.45) is 0 Å². The molecule has 1 saturated heterocycles. The van der Waals surface area contributed by atoms with Gasteiger partial charge < -0.3 is 15.5 Å². The van der Waals surface area contributed by atoms with Crippen LogP contribution in [-0.4, -0.2) is 66.9 Å². The van der Waals surface area contributed by atoms with E-state index in [2.05, 4.69) is 20.3 Å². The molecule has 11 nitrogen and oxygen atoms in total. The van der Waals surface area contributed by atoms with Crippen LogP contribution >= 0.6 is 11.3 Å². The molecule has 1 unspecified atom stereocenters. The third kappa shape index (κ3) is 6.82. The van der Waals surface area contributed by atoms with Gasteiger partial charge in [0, 0.05) is 31.2 Å². The van der Waals surface area contributed by atoms with E-state index >= 15 is 0 Å². The highest BCUT2D eigenvalue weighted by molar-refractivity contribution is 7.87. The van der Waals surface area contributed by atoms with Gasteiger partial charge in [0.15, 0.2) is 0 Å². The minimum atomic E-state index is -4.61. The summed E-state index contributed by atoms with van der Waals surface area (Å²) in [4.78, 5) is 24.3. The molecular formula is C26H31F3N6O5S2. The molecule has 42 heavy (non-hydrogen) atoms. The molecule has 2 aromatic heterocycles. The lowest BCUT2D eigenvalue weighted by molar-refractivity contribution is -0.141. The third-order valence-electron chi connectivity index (χ3n) is 6.58. The Bertz CT molecular complexity index is 1570. The fourth-order valence-electron chi connectivity index (χ4n) is 4.71. The van der Waals surface area contributed by atoms with Crippen LogP contribution < -0.4 is 5.32 Å². The number of amides is 1. The molecule has 0 radical (unpaired) electrons. The van der Waals surface area contributed by atoms with Crippen LogP contribution in [0.3, 0.4) is 0 Å². The van der Waals surface area contributed by atoms with E-state index in [1.54, 1.807) is 18.3 Å². The van der Waals surface area contributed by atoms with Crippen LogP contribution in [-0.2, 0) is 22.0 Å². The average molecular weight is 629 g/mol. The third-order valence-corrected chi connectivity index (χ3v) is 10.0. The fourth-order valence-corrected chi connectivity index (χ4v) is 7.56. The number of aryl methyl sites for hydroxylation is 1. The molecule has 0 saturated carbocycles. The zero-order chi connectivity index (χ0) is 31.1. The van der Waals surface area contributed by atoms with Gasteiger partial charge in [-0.3, -0.25) is 0 Å². The Morgan fingerprint density at radius 1 is 1.14 bits per heavy atom. The quantitative estimate of drug-likeness (QED) is 0.328. The summed E-state index contributed by atoms with van der Waals surface area (Å²) in [5, 5.41) is 24.3. The molecule has 16 heteroatoms. The monoisotopic (exact) mass is 628 g/mol. The standard InChI is InChI=1S/C26H31F3N6O5S2/c1-16-12-17(14-18(13-16)32-22-30-9-6-20(33-22)26(27,28)29)19-15-31-21(41-19)25(38)7-5-10-34(11-8-25)42(39,40)35(23(36)37)24(2,3)4/h6,9,12-15,38H,5,7-8,10-11H2,1-4H3,(H,36,37)(H,30,32,33). The average Bonchev–Trinajstić information content (AvgIpc) is 3.26.